The molecule has 1 aromatic heterocycles. The quantitative estimate of drug-likeness (QED) is 0.318. The molecule has 5 heteroatoms. The molecule has 5 aromatic rings. The lowest BCUT2D eigenvalue weighted by Gasteiger charge is -2.33. The first-order valence-electron chi connectivity index (χ1n) is 11.0. The number of aromatic nitrogens is 2. The summed E-state index contributed by atoms with van der Waals surface area (Å²) in [7, 11) is 2.13. The molecule has 0 spiro atoms. The highest BCUT2D eigenvalue weighted by molar-refractivity contribution is 6.99. The van der Waals surface area contributed by atoms with Crippen molar-refractivity contribution in [2.75, 3.05) is 5.32 Å². The highest BCUT2D eigenvalue weighted by Crippen LogP contribution is 2.33. The number of hydrogen-bond acceptors (Lipinski definition) is 2. The molecule has 4 aromatic carbocycles. The van der Waals surface area contributed by atoms with E-state index >= 15 is 0 Å². The molecule has 32 heavy (non-hydrogen) atoms. The van der Waals surface area contributed by atoms with E-state index in [9.17, 15) is 0 Å². The molecule has 0 saturated heterocycles. The van der Waals surface area contributed by atoms with E-state index in [1.165, 1.54) is 33.0 Å². The number of nitrogens with zero attached hydrogens (tertiary/aromatic N) is 1. The Kier molecular flexibility index (Phi) is 3.46. The van der Waals surface area contributed by atoms with Gasteiger partial charge in [-0.25, -0.2) is 9.55 Å². The summed E-state index contributed by atoms with van der Waals surface area (Å²) in [5, 5.41) is 3.68. The minimum absolute atomic E-state index is 0.141. The number of para-hydroxylation sites is 1. The van der Waals surface area contributed by atoms with Crippen molar-refractivity contribution in [1.29, 1.82) is 0 Å². The van der Waals surface area contributed by atoms with Gasteiger partial charge >= 0.3 is 0 Å². The predicted molar refractivity (Wildman–Crippen MR) is 131 cm³/mol. The maximum Gasteiger partial charge on any atom is 0.287 e. The summed E-state index contributed by atoms with van der Waals surface area (Å²) in [6.45, 7) is 2.30. The van der Waals surface area contributed by atoms with E-state index in [-0.39, 0.29) is 6.71 Å². The molecular formula is C27H21BN3O+. The summed E-state index contributed by atoms with van der Waals surface area (Å²) in [4.78, 5) is 3.70. The number of aromatic amines is 1. The summed E-state index contributed by atoms with van der Waals surface area (Å²) < 4.78 is 8.52. The van der Waals surface area contributed by atoms with E-state index in [1.807, 2.05) is 6.07 Å². The van der Waals surface area contributed by atoms with Crippen LogP contribution in [0.4, 0.5) is 11.4 Å². The maximum absolute atomic E-state index is 6.27. The SMILES string of the molecule is Cc1ccccc1-c1[nH]c2cc3c(cc2[n+]1C)Nc1cccc2c1B3c1ccccc1O2. The molecule has 4 nitrogen and oxygen atoms in total. The monoisotopic (exact) mass is 414 g/mol. The largest absolute Gasteiger partial charge is 0.458 e. The van der Waals surface area contributed by atoms with Gasteiger partial charge in [0.2, 0.25) is 0 Å². The molecule has 7 rings (SSSR count). The van der Waals surface area contributed by atoms with Crippen LogP contribution < -0.4 is 31.0 Å². The van der Waals surface area contributed by atoms with Gasteiger partial charge in [0.05, 0.1) is 12.6 Å². The predicted octanol–water partition coefficient (Wildman–Crippen LogP) is 3.65. The average molecular weight is 414 g/mol. The molecule has 0 fully saturated rings. The van der Waals surface area contributed by atoms with Gasteiger partial charge in [0.25, 0.3) is 12.5 Å². The van der Waals surface area contributed by atoms with Gasteiger partial charge in [0.15, 0.2) is 11.0 Å². The molecule has 0 atom stereocenters. The Labute approximate surface area is 186 Å². The number of aryl methyl sites for hydroxylation is 2. The summed E-state index contributed by atoms with van der Waals surface area (Å²) in [5.74, 6) is 2.99. The van der Waals surface area contributed by atoms with E-state index < -0.39 is 0 Å². The van der Waals surface area contributed by atoms with E-state index in [0.717, 1.165) is 34.2 Å². The van der Waals surface area contributed by atoms with E-state index in [0.29, 0.717) is 0 Å². The Morgan fingerprint density at radius 2 is 1.62 bits per heavy atom. The lowest BCUT2D eigenvalue weighted by atomic mass is 9.34. The number of rotatable bonds is 1. The molecule has 2 aliphatic heterocycles. The van der Waals surface area contributed by atoms with Crippen LogP contribution in [-0.2, 0) is 7.05 Å². The third-order valence-corrected chi connectivity index (χ3v) is 6.90. The van der Waals surface area contributed by atoms with Crippen molar-refractivity contribution in [1.82, 2.24) is 4.98 Å². The Hall–Kier alpha value is -3.99. The van der Waals surface area contributed by atoms with Gasteiger partial charge in [-0.1, -0.05) is 42.5 Å². The van der Waals surface area contributed by atoms with Crippen LogP contribution >= 0.6 is 0 Å². The molecule has 0 bridgehead atoms. The summed E-state index contributed by atoms with van der Waals surface area (Å²) in [6, 6.07) is 27.8. The third-order valence-electron chi connectivity index (χ3n) is 6.90. The van der Waals surface area contributed by atoms with Gasteiger partial charge in [0, 0.05) is 17.4 Å². The fourth-order valence-corrected chi connectivity index (χ4v) is 5.34. The van der Waals surface area contributed by atoms with Crippen LogP contribution in [0.2, 0.25) is 0 Å². The second-order valence-corrected chi connectivity index (χ2v) is 8.72. The van der Waals surface area contributed by atoms with Crippen molar-refractivity contribution in [3.8, 4) is 22.9 Å². The minimum atomic E-state index is 0.141. The van der Waals surface area contributed by atoms with E-state index in [4.69, 9.17) is 4.74 Å². The number of H-pyrrole nitrogens is 1. The molecule has 3 heterocycles. The summed E-state index contributed by atoms with van der Waals surface area (Å²) in [6.07, 6.45) is 0. The van der Waals surface area contributed by atoms with Crippen LogP contribution in [0.1, 0.15) is 5.56 Å². The number of imidazole rings is 1. The molecule has 0 aliphatic carbocycles. The lowest BCUT2D eigenvalue weighted by Crippen LogP contribution is -2.58. The van der Waals surface area contributed by atoms with Crippen molar-refractivity contribution >= 4 is 45.5 Å². The van der Waals surface area contributed by atoms with Gasteiger partial charge < -0.3 is 10.1 Å². The van der Waals surface area contributed by atoms with Crippen LogP contribution in [0.25, 0.3) is 22.4 Å². The Bertz CT molecular complexity index is 1570. The number of anilines is 2. The van der Waals surface area contributed by atoms with E-state index in [1.54, 1.807) is 0 Å². The van der Waals surface area contributed by atoms with Gasteiger partial charge in [-0.2, -0.15) is 0 Å². The van der Waals surface area contributed by atoms with Crippen molar-refractivity contribution in [3.05, 3.63) is 84.4 Å². The first-order chi connectivity index (χ1) is 15.7. The zero-order valence-electron chi connectivity index (χ0n) is 17.9. The van der Waals surface area contributed by atoms with Crippen LogP contribution in [0.5, 0.6) is 11.5 Å². The zero-order chi connectivity index (χ0) is 21.4. The average Bonchev–Trinajstić information content (AvgIpc) is 3.13. The van der Waals surface area contributed by atoms with Crippen molar-refractivity contribution in [2.24, 2.45) is 7.05 Å². The van der Waals surface area contributed by atoms with Gasteiger partial charge in [-0.15, -0.1) is 0 Å². The molecule has 0 amide bonds. The van der Waals surface area contributed by atoms with Crippen LogP contribution in [0.15, 0.2) is 78.9 Å². The Balaban J connectivity index is 1.50. The van der Waals surface area contributed by atoms with Gasteiger partial charge in [-0.3, -0.25) is 0 Å². The Morgan fingerprint density at radius 3 is 2.53 bits per heavy atom. The van der Waals surface area contributed by atoms with Crippen molar-refractivity contribution < 1.29 is 9.30 Å². The number of benzene rings is 4. The molecule has 2 aliphatic rings. The fourth-order valence-electron chi connectivity index (χ4n) is 5.34. The van der Waals surface area contributed by atoms with Crippen LogP contribution in [-0.4, -0.2) is 11.7 Å². The lowest BCUT2D eigenvalue weighted by molar-refractivity contribution is -0.633. The van der Waals surface area contributed by atoms with E-state index in [2.05, 4.69) is 102 Å². The van der Waals surface area contributed by atoms with Gasteiger partial charge in [-0.05, 0) is 59.2 Å². The second kappa shape index (κ2) is 6.27. The summed E-state index contributed by atoms with van der Waals surface area (Å²) >= 11 is 0. The molecular weight excluding hydrogens is 393 g/mol. The second-order valence-electron chi connectivity index (χ2n) is 8.72. The molecule has 2 N–H and O–H groups in total. The molecule has 152 valence electrons. The molecule has 0 radical (unpaired) electrons. The molecule has 0 unspecified atom stereocenters. The fraction of sp³-hybridized carbons (Fsp3) is 0.0741. The number of fused-ring (bicyclic) bond motifs is 5. The molecule has 0 saturated carbocycles. The number of ether oxygens (including phenoxy) is 1. The Morgan fingerprint density at radius 1 is 0.812 bits per heavy atom. The van der Waals surface area contributed by atoms with Gasteiger partial charge in [0.1, 0.15) is 11.5 Å². The van der Waals surface area contributed by atoms with Crippen molar-refractivity contribution in [3.63, 3.8) is 0 Å². The smallest absolute Gasteiger partial charge is 0.287 e. The normalized spacial score (nSPS) is 13.1. The minimum Gasteiger partial charge on any atom is -0.458 e. The highest BCUT2D eigenvalue weighted by atomic mass is 16.5. The first kappa shape index (κ1) is 17.7. The first-order valence-corrected chi connectivity index (χ1v) is 11.0. The maximum atomic E-state index is 6.27. The summed E-state index contributed by atoms with van der Waals surface area (Å²) in [5.41, 5.74) is 10.8. The van der Waals surface area contributed by atoms with Crippen LogP contribution in [0, 0.1) is 6.92 Å². The highest BCUT2D eigenvalue weighted by Gasteiger charge is 2.39. The number of nitrogens with one attached hydrogen (secondary N) is 2. The third kappa shape index (κ3) is 2.31. The van der Waals surface area contributed by atoms with Crippen LogP contribution in [0.3, 0.4) is 0 Å². The zero-order valence-corrected chi connectivity index (χ0v) is 17.9. The number of hydrogen-bond donors (Lipinski definition) is 2. The van der Waals surface area contributed by atoms with Crippen molar-refractivity contribution in [2.45, 2.75) is 6.92 Å². The topological polar surface area (TPSA) is 40.9 Å². The standard InChI is InChI=1S/C27H20BN3O/c1-16-8-3-4-9-17(16)27-30-22-14-19-21(15-23(22)31(27)2)29-20-11-7-13-25-26(20)28(19)18-10-5-6-12-24(18)32-25/h3-15,29H,1-2H3/p+1.